The number of rotatable bonds is 3. The van der Waals surface area contributed by atoms with Crippen LogP contribution in [0.25, 0.3) is 21.3 Å². The third-order valence-corrected chi connectivity index (χ3v) is 4.08. The third-order valence-electron chi connectivity index (χ3n) is 3.19. The second kappa shape index (κ2) is 5.02. The standard InChI is InChI=1S/C15H12N2O2S/c1-10-2-4-11(5-3-10)12-8-20-14-13(12)15(19)17(6-7-18)9-16-14/h2-5,7-9H,6H2,1H3. The summed E-state index contributed by atoms with van der Waals surface area (Å²) < 4.78 is 1.33. The fraction of sp³-hybridized carbons (Fsp3) is 0.133. The molecule has 0 aliphatic heterocycles. The normalized spacial score (nSPS) is 10.8. The molecular weight excluding hydrogens is 272 g/mol. The second-order valence-corrected chi connectivity index (χ2v) is 5.42. The Morgan fingerprint density at radius 1 is 1.30 bits per heavy atom. The number of aromatic nitrogens is 2. The van der Waals surface area contributed by atoms with Crippen LogP contribution in [-0.2, 0) is 11.3 Å². The summed E-state index contributed by atoms with van der Waals surface area (Å²) >= 11 is 1.44. The van der Waals surface area contributed by atoms with Crippen LogP contribution in [0, 0.1) is 6.92 Å². The minimum Gasteiger partial charge on any atom is -0.301 e. The minimum atomic E-state index is -0.168. The lowest BCUT2D eigenvalue weighted by atomic mass is 10.1. The highest BCUT2D eigenvalue weighted by Crippen LogP contribution is 2.30. The topological polar surface area (TPSA) is 52.0 Å². The molecule has 20 heavy (non-hydrogen) atoms. The van der Waals surface area contributed by atoms with E-state index in [-0.39, 0.29) is 12.1 Å². The zero-order valence-electron chi connectivity index (χ0n) is 10.9. The molecule has 0 atom stereocenters. The number of nitrogens with zero attached hydrogens (tertiary/aromatic N) is 2. The van der Waals surface area contributed by atoms with Crippen molar-refractivity contribution in [1.29, 1.82) is 0 Å². The van der Waals surface area contributed by atoms with E-state index in [9.17, 15) is 9.59 Å². The van der Waals surface area contributed by atoms with Gasteiger partial charge in [0.05, 0.1) is 18.3 Å². The van der Waals surface area contributed by atoms with Crippen LogP contribution in [0.2, 0.25) is 0 Å². The van der Waals surface area contributed by atoms with Crippen LogP contribution in [0.4, 0.5) is 0 Å². The van der Waals surface area contributed by atoms with E-state index < -0.39 is 0 Å². The molecule has 3 rings (SSSR count). The van der Waals surface area contributed by atoms with Gasteiger partial charge >= 0.3 is 0 Å². The smallest absolute Gasteiger partial charge is 0.263 e. The monoisotopic (exact) mass is 284 g/mol. The Kier molecular flexibility index (Phi) is 3.20. The van der Waals surface area contributed by atoms with Crippen LogP contribution >= 0.6 is 11.3 Å². The van der Waals surface area contributed by atoms with Crippen molar-refractivity contribution < 1.29 is 4.79 Å². The number of aryl methyl sites for hydroxylation is 1. The first-order valence-electron chi connectivity index (χ1n) is 6.18. The third kappa shape index (κ3) is 2.06. The number of hydrogen-bond donors (Lipinski definition) is 0. The average Bonchev–Trinajstić information content (AvgIpc) is 2.88. The molecule has 0 saturated heterocycles. The largest absolute Gasteiger partial charge is 0.301 e. The molecule has 2 aromatic heterocycles. The van der Waals surface area contributed by atoms with Crippen LogP contribution in [0.1, 0.15) is 5.56 Å². The Morgan fingerprint density at radius 2 is 2.05 bits per heavy atom. The predicted octanol–water partition coefficient (Wildman–Crippen LogP) is 2.63. The van der Waals surface area contributed by atoms with Crippen molar-refractivity contribution in [2.24, 2.45) is 0 Å². The first kappa shape index (κ1) is 12.7. The zero-order chi connectivity index (χ0) is 14.1. The van der Waals surface area contributed by atoms with E-state index in [2.05, 4.69) is 4.98 Å². The van der Waals surface area contributed by atoms with Crippen LogP contribution in [-0.4, -0.2) is 15.8 Å². The lowest BCUT2D eigenvalue weighted by Gasteiger charge is -2.03. The van der Waals surface area contributed by atoms with Crippen molar-refractivity contribution in [2.45, 2.75) is 13.5 Å². The Hall–Kier alpha value is -2.27. The summed E-state index contributed by atoms with van der Waals surface area (Å²) in [6.45, 7) is 2.05. The van der Waals surface area contributed by atoms with Crippen LogP contribution in [0.3, 0.4) is 0 Å². The van der Waals surface area contributed by atoms with Gasteiger partial charge in [-0.25, -0.2) is 4.98 Å². The molecule has 0 aliphatic carbocycles. The van der Waals surface area contributed by atoms with Crippen molar-refractivity contribution in [2.75, 3.05) is 0 Å². The average molecular weight is 284 g/mol. The fourth-order valence-electron chi connectivity index (χ4n) is 2.12. The number of hydrogen-bond acceptors (Lipinski definition) is 4. The SMILES string of the molecule is Cc1ccc(-c2csc3ncn(CC=O)c(=O)c23)cc1. The maximum atomic E-state index is 12.4. The Labute approximate surface area is 119 Å². The summed E-state index contributed by atoms with van der Waals surface area (Å²) in [5.74, 6) is 0. The lowest BCUT2D eigenvalue weighted by molar-refractivity contribution is -0.108. The van der Waals surface area contributed by atoms with Gasteiger partial charge in [0.25, 0.3) is 5.56 Å². The molecule has 0 amide bonds. The maximum absolute atomic E-state index is 12.4. The van der Waals surface area contributed by atoms with Gasteiger partial charge in [0.15, 0.2) is 0 Å². The summed E-state index contributed by atoms with van der Waals surface area (Å²) in [4.78, 5) is 28.0. The Bertz CT molecular complexity index is 831. The first-order valence-corrected chi connectivity index (χ1v) is 7.06. The molecule has 3 aromatic rings. The van der Waals surface area contributed by atoms with E-state index in [1.54, 1.807) is 0 Å². The van der Waals surface area contributed by atoms with Gasteiger partial charge in [-0.15, -0.1) is 11.3 Å². The highest BCUT2D eigenvalue weighted by Gasteiger charge is 2.12. The molecule has 2 heterocycles. The van der Waals surface area contributed by atoms with Gasteiger partial charge in [0.2, 0.25) is 0 Å². The molecule has 0 N–H and O–H groups in total. The maximum Gasteiger partial charge on any atom is 0.263 e. The molecular formula is C15H12N2O2S. The minimum absolute atomic E-state index is 0.0327. The van der Waals surface area contributed by atoms with Crippen LogP contribution in [0.5, 0.6) is 0 Å². The van der Waals surface area contributed by atoms with E-state index in [1.807, 2.05) is 36.6 Å². The summed E-state index contributed by atoms with van der Waals surface area (Å²) in [6.07, 6.45) is 2.13. The number of fused-ring (bicyclic) bond motifs is 1. The Balaban J connectivity index is 2.26. The molecule has 5 heteroatoms. The molecule has 0 unspecified atom stereocenters. The van der Waals surface area contributed by atoms with Crippen molar-refractivity contribution >= 4 is 27.8 Å². The summed E-state index contributed by atoms with van der Waals surface area (Å²) in [5.41, 5.74) is 2.87. The summed E-state index contributed by atoms with van der Waals surface area (Å²) in [5, 5.41) is 2.53. The predicted molar refractivity (Wildman–Crippen MR) is 80.1 cm³/mol. The van der Waals surface area contributed by atoms with E-state index in [1.165, 1.54) is 27.8 Å². The van der Waals surface area contributed by atoms with Gasteiger partial charge < -0.3 is 4.79 Å². The van der Waals surface area contributed by atoms with Crippen molar-refractivity contribution in [3.8, 4) is 11.1 Å². The highest BCUT2D eigenvalue weighted by molar-refractivity contribution is 7.17. The molecule has 0 fully saturated rings. The zero-order valence-corrected chi connectivity index (χ0v) is 11.7. The molecule has 0 radical (unpaired) electrons. The van der Waals surface area contributed by atoms with Crippen LogP contribution < -0.4 is 5.56 Å². The highest BCUT2D eigenvalue weighted by atomic mass is 32.1. The molecule has 100 valence electrons. The number of aldehydes is 1. The van der Waals surface area contributed by atoms with Crippen molar-refractivity contribution in [3.05, 3.63) is 51.9 Å². The number of thiophene rings is 1. The van der Waals surface area contributed by atoms with E-state index >= 15 is 0 Å². The van der Waals surface area contributed by atoms with E-state index in [0.29, 0.717) is 16.5 Å². The molecule has 1 aromatic carbocycles. The second-order valence-electron chi connectivity index (χ2n) is 4.56. The molecule has 0 spiro atoms. The quantitative estimate of drug-likeness (QED) is 0.695. The molecule has 0 bridgehead atoms. The van der Waals surface area contributed by atoms with Gasteiger partial charge in [0.1, 0.15) is 11.1 Å². The van der Waals surface area contributed by atoms with Gasteiger partial charge in [-0.05, 0) is 12.5 Å². The van der Waals surface area contributed by atoms with Gasteiger partial charge in [-0.1, -0.05) is 29.8 Å². The summed E-state index contributed by atoms with van der Waals surface area (Å²) in [6, 6.07) is 8.01. The van der Waals surface area contributed by atoms with E-state index in [0.717, 1.165) is 11.1 Å². The van der Waals surface area contributed by atoms with E-state index in [4.69, 9.17) is 0 Å². The first-order chi connectivity index (χ1) is 9.70. The fourth-order valence-corrected chi connectivity index (χ4v) is 3.03. The van der Waals surface area contributed by atoms with Gasteiger partial charge in [-0.2, -0.15) is 0 Å². The lowest BCUT2D eigenvalue weighted by Crippen LogP contribution is -2.20. The van der Waals surface area contributed by atoms with Gasteiger partial charge in [-0.3, -0.25) is 9.36 Å². The summed E-state index contributed by atoms with van der Waals surface area (Å²) in [7, 11) is 0. The number of benzene rings is 1. The van der Waals surface area contributed by atoms with Crippen molar-refractivity contribution in [1.82, 2.24) is 9.55 Å². The van der Waals surface area contributed by atoms with Gasteiger partial charge in [0, 0.05) is 10.9 Å². The van der Waals surface area contributed by atoms with Crippen LogP contribution in [0.15, 0.2) is 40.8 Å². The number of carbonyl (C=O) groups is 1. The molecule has 0 aliphatic rings. The Morgan fingerprint density at radius 3 is 2.75 bits per heavy atom. The molecule has 4 nitrogen and oxygen atoms in total. The van der Waals surface area contributed by atoms with Crippen molar-refractivity contribution in [3.63, 3.8) is 0 Å². The number of carbonyl (C=O) groups excluding carboxylic acids is 1. The molecule has 0 saturated carbocycles.